The maximum Gasteiger partial charge on any atom is 0.323 e. The van der Waals surface area contributed by atoms with Crippen molar-refractivity contribution < 1.29 is 9.53 Å². The summed E-state index contributed by atoms with van der Waals surface area (Å²) in [5.41, 5.74) is 0. The molecule has 0 aromatic carbocycles. The highest BCUT2D eigenvalue weighted by molar-refractivity contribution is 5.76. The van der Waals surface area contributed by atoms with Gasteiger partial charge in [-0.3, -0.25) is 4.79 Å². The number of hydrogen-bond donors (Lipinski definition) is 1. The standard InChI is InChI=1S/C15H30N2O2/c1-6-17(11(2)3)10-9-13-7-8-14(16-13)15(18)19-12(4)5/h11-14,16H,6-10H2,1-5H3. The molecule has 1 saturated heterocycles. The van der Waals surface area contributed by atoms with Gasteiger partial charge in [0.25, 0.3) is 0 Å². The van der Waals surface area contributed by atoms with Gasteiger partial charge in [-0.05, 0) is 60.0 Å². The Morgan fingerprint density at radius 3 is 2.53 bits per heavy atom. The van der Waals surface area contributed by atoms with Crippen LogP contribution in [0.3, 0.4) is 0 Å². The fourth-order valence-electron chi connectivity index (χ4n) is 2.65. The molecule has 1 heterocycles. The van der Waals surface area contributed by atoms with Gasteiger partial charge < -0.3 is 15.0 Å². The summed E-state index contributed by atoms with van der Waals surface area (Å²) < 4.78 is 5.26. The normalized spacial score (nSPS) is 23.6. The van der Waals surface area contributed by atoms with Crippen molar-refractivity contribution in [3.8, 4) is 0 Å². The molecule has 2 atom stereocenters. The minimum Gasteiger partial charge on any atom is -0.462 e. The Balaban J connectivity index is 2.30. The van der Waals surface area contributed by atoms with E-state index in [2.05, 4.69) is 31.0 Å². The minimum atomic E-state index is -0.0958. The summed E-state index contributed by atoms with van der Waals surface area (Å²) in [6.45, 7) is 12.6. The first-order valence-corrected chi connectivity index (χ1v) is 7.64. The highest BCUT2D eigenvalue weighted by Gasteiger charge is 2.30. The van der Waals surface area contributed by atoms with E-state index in [-0.39, 0.29) is 18.1 Å². The summed E-state index contributed by atoms with van der Waals surface area (Å²) in [5, 5.41) is 3.41. The van der Waals surface area contributed by atoms with Gasteiger partial charge in [0.1, 0.15) is 6.04 Å². The number of esters is 1. The van der Waals surface area contributed by atoms with Gasteiger partial charge in [0, 0.05) is 12.1 Å². The number of carbonyl (C=O) groups is 1. The van der Waals surface area contributed by atoms with Crippen molar-refractivity contribution in [2.75, 3.05) is 13.1 Å². The number of nitrogens with zero attached hydrogens (tertiary/aromatic N) is 1. The lowest BCUT2D eigenvalue weighted by molar-refractivity contribution is -0.149. The maximum atomic E-state index is 11.8. The van der Waals surface area contributed by atoms with E-state index in [1.54, 1.807) is 0 Å². The van der Waals surface area contributed by atoms with E-state index < -0.39 is 0 Å². The van der Waals surface area contributed by atoms with E-state index >= 15 is 0 Å². The zero-order valence-corrected chi connectivity index (χ0v) is 13.1. The van der Waals surface area contributed by atoms with Crippen LogP contribution >= 0.6 is 0 Å². The van der Waals surface area contributed by atoms with Crippen molar-refractivity contribution in [1.82, 2.24) is 10.2 Å². The average molecular weight is 270 g/mol. The molecule has 4 heteroatoms. The van der Waals surface area contributed by atoms with Crippen molar-refractivity contribution in [2.45, 2.75) is 78.1 Å². The average Bonchev–Trinajstić information content (AvgIpc) is 2.77. The fraction of sp³-hybridized carbons (Fsp3) is 0.933. The second-order valence-electron chi connectivity index (χ2n) is 5.99. The van der Waals surface area contributed by atoms with Gasteiger partial charge in [0.05, 0.1) is 6.10 Å². The van der Waals surface area contributed by atoms with Crippen molar-refractivity contribution in [1.29, 1.82) is 0 Å². The quantitative estimate of drug-likeness (QED) is 0.720. The molecular weight excluding hydrogens is 240 g/mol. The SMILES string of the molecule is CCN(CCC1CCC(C(=O)OC(C)C)N1)C(C)C. The number of rotatable bonds is 7. The third-order valence-electron chi connectivity index (χ3n) is 3.78. The van der Waals surface area contributed by atoms with Crippen molar-refractivity contribution >= 4 is 5.97 Å². The molecule has 112 valence electrons. The number of nitrogens with one attached hydrogen (secondary N) is 1. The van der Waals surface area contributed by atoms with Crippen LogP contribution in [0.15, 0.2) is 0 Å². The van der Waals surface area contributed by atoms with E-state index in [0.29, 0.717) is 12.1 Å². The fourth-order valence-corrected chi connectivity index (χ4v) is 2.65. The van der Waals surface area contributed by atoms with Crippen LogP contribution in [0.5, 0.6) is 0 Å². The molecule has 0 amide bonds. The second-order valence-corrected chi connectivity index (χ2v) is 5.99. The molecule has 1 fully saturated rings. The van der Waals surface area contributed by atoms with Crippen LogP contribution in [0, 0.1) is 0 Å². The van der Waals surface area contributed by atoms with Crippen LogP contribution in [0.4, 0.5) is 0 Å². The van der Waals surface area contributed by atoms with Crippen LogP contribution in [-0.4, -0.2) is 48.2 Å². The second kappa shape index (κ2) is 7.85. The number of hydrogen-bond acceptors (Lipinski definition) is 4. The Bertz CT molecular complexity index is 279. The summed E-state index contributed by atoms with van der Waals surface area (Å²) >= 11 is 0. The minimum absolute atomic E-state index is 0.0233. The van der Waals surface area contributed by atoms with Crippen LogP contribution in [0.25, 0.3) is 0 Å². The zero-order valence-electron chi connectivity index (χ0n) is 13.1. The Kier molecular flexibility index (Phi) is 6.80. The van der Waals surface area contributed by atoms with E-state index in [4.69, 9.17) is 4.74 Å². The first-order chi connectivity index (χ1) is 8.93. The molecule has 0 spiro atoms. The molecule has 1 aliphatic heterocycles. The lowest BCUT2D eigenvalue weighted by atomic mass is 10.1. The topological polar surface area (TPSA) is 41.6 Å². The lowest BCUT2D eigenvalue weighted by Gasteiger charge is -2.26. The molecule has 0 radical (unpaired) electrons. The van der Waals surface area contributed by atoms with Crippen LogP contribution in [-0.2, 0) is 9.53 Å². The van der Waals surface area contributed by atoms with Crippen molar-refractivity contribution in [3.05, 3.63) is 0 Å². The van der Waals surface area contributed by atoms with Gasteiger partial charge in [-0.15, -0.1) is 0 Å². The summed E-state index contributed by atoms with van der Waals surface area (Å²) in [5.74, 6) is -0.0892. The third-order valence-corrected chi connectivity index (χ3v) is 3.78. The molecule has 19 heavy (non-hydrogen) atoms. The van der Waals surface area contributed by atoms with Gasteiger partial charge in [0.2, 0.25) is 0 Å². The molecule has 0 saturated carbocycles. The summed E-state index contributed by atoms with van der Waals surface area (Å²) in [4.78, 5) is 14.3. The van der Waals surface area contributed by atoms with Crippen LogP contribution in [0.2, 0.25) is 0 Å². The first kappa shape index (κ1) is 16.4. The largest absolute Gasteiger partial charge is 0.462 e. The molecule has 4 nitrogen and oxygen atoms in total. The molecule has 1 rings (SSSR count). The van der Waals surface area contributed by atoms with Crippen molar-refractivity contribution in [3.63, 3.8) is 0 Å². The number of ether oxygens (including phenoxy) is 1. The molecule has 1 N–H and O–H groups in total. The van der Waals surface area contributed by atoms with Gasteiger partial charge >= 0.3 is 5.97 Å². The van der Waals surface area contributed by atoms with E-state index in [1.807, 2.05) is 13.8 Å². The van der Waals surface area contributed by atoms with Gasteiger partial charge in [0.15, 0.2) is 0 Å². The third kappa shape index (κ3) is 5.49. The first-order valence-electron chi connectivity index (χ1n) is 7.64. The molecular formula is C15H30N2O2. The Morgan fingerprint density at radius 1 is 1.32 bits per heavy atom. The zero-order chi connectivity index (χ0) is 14.4. The van der Waals surface area contributed by atoms with Crippen molar-refractivity contribution in [2.24, 2.45) is 0 Å². The Labute approximate surface area is 117 Å². The molecule has 0 aromatic heterocycles. The monoisotopic (exact) mass is 270 g/mol. The molecule has 0 aliphatic carbocycles. The lowest BCUT2D eigenvalue weighted by Crippen LogP contribution is -2.40. The highest BCUT2D eigenvalue weighted by Crippen LogP contribution is 2.17. The summed E-state index contributed by atoms with van der Waals surface area (Å²) in [6, 6.07) is 0.951. The predicted molar refractivity (Wildman–Crippen MR) is 78.2 cm³/mol. The highest BCUT2D eigenvalue weighted by atomic mass is 16.5. The predicted octanol–water partition coefficient (Wildman–Crippen LogP) is 2.18. The van der Waals surface area contributed by atoms with Gasteiger partial charge in [-0.1, -0.05) is 6.92 Å². The van der Waals surface area contributed by atoms with Gasteiger partial charge in [-0.2, -0.15) is 0 Å². The van der Waals surface area contributed by atoms with E-state index in [0.717, 1.165) is 32.4 Å². The summed E-state index contributed by atoms with van der Waals surface area (Å²) in [6.07, 6.45) is 3.07. The molecule has 0 bridgehead atoms. The number of carbonyl (C=O) groups excluding carboxylic acids is 1. The van der Waals surface area contributed by atoms with Crippen LogP contribution < -0.4 is 5.32 Å². The Morgan fingerprint density at radius 2 is 2.00 bits per heavy atom. The Hall–Kier alpha value is -0.610. The summed E-state index contributed by atoms with van der Waals surface area (Å²) in [7, 11) is 0. The van der Waals surface area contributed by atoms with Crippen LogP contribution in [0.1, 0.15) is 53.9 Å². The molecule has 1 aliphatic rings. The molecule has 0 aromatic rings. The molecule has 2 unspecified atom stereocenters. The van der Waals surface area contributed by atoms with E-state index in [1.165, 1.54) is 0 Å². The van der Waals surface area contributed by atoms with Gasteiger partial charge in [-0.25, -0.2) is 0 Å². The smallest absolute Gasteiger partial charge is 0.323 e. The van der Waals surface area contributed by atoms with E-state index in [9.17, 15) is 4.79 Å². The maximum absolute atomic E-state index is 11.8.